The predicted octanol–water partition coefficient (Wildman–Crippen LogP) is 3.37. The Labute approximate surface area is 161 Å². The lowest BCUT2D eigenvalue weighted by Crippen LogP contribution is -2.32. The first-order valence-corrected chi connectivity index (χ1v) is 9.71. The van der Waals surface area contributed by atoms with Crippen molar-refractivity contribution in [2.75, 3.05) is 32.6 Å². The molecule has 1 saturated carbocycles. The van der Waals surface area contributed by atoms with E-state index in [-0.39, 0.29) is 5.91 Å². The molecule has 1 heterocycles. The second-order valence-electron chi connectivity index (χ2n) is 7.48. The molecule has 1 unspecified atom stereocenters. The van der Waals surface area contributed by atoms with Gasteiger partial charge < -0.3 is 10.1 Å². The lowest BCUT2D eigenvalue weighted by atomic mass is 10.1. The number of methoxy groups -OCH3 is 1. The van der Waals surface area contributed by atoms with Crippen LogP contribution in [-0.2, 0) is 11.2 Å². The van der Waals surface area contributed by atoms with E-state index in [0.717, 1.165) is 31.0 Å². The molecule has 6 nitrogen and oxygen atoms in total. The number of hydrogen-bond donors (Lipinski definition) is 1. The molecule has 0 spiro atoms. The first-order chi connectivity index (χ1) is 13.1. The van der Waals surface area contributed by atoms with Crippen LogP contribution in [0.3, 0.4) is 0 Å². The Hall–Kier alpha value is -2.34. The van der Waals surface area contributed by atoms with Gasteiger partial charge in [-0.15, -0.1) is 0 Å². The maximum absolute atomic E-state index is 12.4. The Morgan fingerprint density at radius 3 is 2.74 bits per heavy atom. The monoisotopic (exact) mass is 370 g/mol. The van der Waals surface area contributed by atoms with Crippen molar-refractivity contribution in [1.29, 1.82) is 0 Å². The molecule has 0 saturated heterocycles. The Bertz CT molecular complexity index is 737. The number of benzene rings is 1. The summed E-state index contributed by atoms with van der Waals surface area (Å²) in [6, 6.07) is 10.4. The molecule has 0 aliphatic heterocycles. The highest BCUT2D eigenvalue weighted by Gasteiger charge is 2.30. The third-order valence-corrected chi connectivity index (χ3v) is 5.21. The minimum absolute atomic E-state index is 0.00620. The van der Waals surface area contributed by atoms with Crippen LogP contribution in [0.1, 0.15) is 37.8 Å². The number of nitrogens with one attached hydrogen (secondary N) is 1. The number of rotatable bonds is 10. The van der Waals surface area contributed by atoms with Crippen molar-refractivity contribution in [3.05, 3.63) is 42.1 Å². The molecule has 1 aromatic heterocycles. The van der Waals surface area contributed by atoms with Crippen LogP contribution in [0.25, 0.3) is 0 Å². The van der Waals surface area contributed by atoms with E-state index in [1.165, 1.54) is 18.4 Å². The molecule has 27 heavy (non-hydrogen) atoms. The fraction of sp³-hybridized carbons (Fsp3) is 0.524. The van der Waals surface area contributed by atoms with E-state index in [2.05, 4.69) is 34.4 Å². The number of amides is 1. The number of anilines is 1. The highest BCUT2D eigenvalue weighted by atomic mass is 16.5. The molecule has 1 aliphatic rings. The molecule has 6 heteroatoms. The normalized spacial score (nSPS) is 15.0. The zero-order valence-corrected chi connectivity index (χ0v) is 16.5. The molecular formula is C21H30N4O2. The average Bonchev–Trinajstić information content (AvgIpc) is 3.41. The molecule has 1 aliphatic carbocycles. The molecule has 2 aromatic rings. The quantitative estimate of drug-likeness (QED) is 0.697. The highest BCUT2D eigenvalue weighted by molar-refractivity contribution is 5.91. The lowest BCUT2D eigenvalue weighted by Gasteiger charge is -2.18. The maximum Gasteiger partial charge on any atom is 0.239 e. The number of carbonyl (C=O) groups is 1. The number of hydrogen-bond acceptors (Lipinski definition) is 4. The Kier molecular flexibility index (Phi) is 6.50. The van der Waals surface area contributed by atoms with Gasteiger partial charge in [0.2, 0.25) is 5.91 Å². The zero-order chi connectivity index (χ0) is 19.2. The van der Waals surface area contributed by atoms with Crippen LogP contribution in [0.15, 0.2) is 36.5 Å². The number of carbonyl (C=O) groups excluding carboxylic acids is 1. The molecule has 146 valence electrons. The van der Waals surface area contributed by atoms with Crippen molar-refractivity contribution in [3.63, 3.8) is 0 Å². The van der Waals surface area contributed by atoms with Crippen LogP contribution in [0.4, 0.5) is 5.82 Å². The van der Waals surface area contributed by atoms with Gasteiger partial charge in [0.1, 0.15) is 11.6 Å². The number of ether oxygens (including phenoxy) is 1. The molecule has 1 fully saturated rings. The number of nitrogens with zero attached hydrogens (tertiary/aromatic N) is 3. The largest absolute Gasteiger partial charge is 0.497 e. The standard InChI is InChI=1S/C21H30N4O2/c1-16(18-8-9-18)25-20(12-13-22-25)23-21(26)15-24(2)14-4-5-17-6-10-19(27-3)11-7-17/h6-7,10-13,16,18H,4-5,8-9,14-15H2,1-3H3,(H,23,26). The summed E-state index contributed by atoms with van der Waals surface area (Å²) >= 11 is 0. The summed E-state index contributed by atoms with van der Waals surface area (Å²) in [5.74, 6) is 2.38. The van der Waals surface area contributed by atoms with Crippen LogP contribution >= 0.6 is 0 Å². The van der Waals surface area contributed by atoms with Gasteiger partial charge in [-0.25, -0.2) is 4.68 Å². The third kappa shape index (κ3) is 5.57. The molecule has 1 N–H and O–H groups in total. The van der Waals surface area contributed by atoms with Crippen LogP contribution in [0.5, 0.6) is 5.75 Å². The van der Waals surface area contributed by atoms with Gasteiger partial charge in [0.05, 0.1) is 25.9 Å². The Morgan fingerprint density at radius 2 is 2.07 bits per heavy atom. The fourth-order valence-electron chi connectivity index (χ4n) is 3.37. The summed E-state index contributed by atoms with van der Waals surface area (Å²) < 4.78 is 7.12. The van der Waals surface area contributed by atoms with Gasteiger partial charge in [0.15, 0.2) is 0 Å². The molecule has 0 radical (unpaired) electrons. The molecule has 1 aromatic carbocycles. The second kappa shape index (κ2) is 9.04. The summed E-state index contributed by atoms with van der Waals surface area (Å²) in [4.78, 5) is 14.4. The van der Waals surface area contributed by atoms with Crippen molar-refractivity contribution in [2.45, 2.75) is 38.6 Å². The molecular weight excluding hydrogens is 340 g/mol. The fourth-order valence-corrected chi connectivity index (χ4v) is 3.37. The molecule has 3 rings (SSSR count). The summed E-state index contributed by atoms with van der Waals surface area (Å²) in [5, 5.41) is 7.40. The lowest BCUT2D eigenvalue weighted by molar-refractivity contribution is -0.117. The van der Waals surface area contributed by atoms with Crippen LogP contribution in [0, 0.1) is 5.92 Å². The summed E-state index contributed by atoms with van der Waals surface area (Å²) in [6.45, 7) is 3.43. The summed E-state index contributed by atoms with van der Waals surface area (Å²) in [7, 11) is 3.66. The second-order valence-corrected chi connectivity index (χ2v) is 7.48. The van der Waals surface area contributed by atoms with E-state index in [9.17, 15) is 4.79 Å². The minimum atomic E-state index is 0.00620. The van der Waals surface area contributed by atoms with Crippen molar-refractivity contribution >= 4 is 11.7 Å². The smallest absolute Gasteiger partial charge is 0.239 e. The van der Waals surface area contributed by atoms with Gasteiger partial charge in [0.25, 0.3) is 0 Å². The number of likely N-dealkylation sites (N-methyl/N-ethyl adjacent to an activating group) is 1. The van der Waals surface area contributed by atoms with E-state index in [1.54, 1.807) is 13.3 Å². The molecule has 1 amide bonds. The van der Waals surface area contributed by atoms with Gasteiger partial charge in [-0.3, -0.25) is 9.69 Å². The van der Waals surface area contributed by atoms with E-state index in [4.69, 9.17) is 4.74 Å². The van der Waals surface area contributed by atoms with E-state index in [0.29, 0.717) is 18.5 Å². The zero-order valence-electron chi connectivity index (χ0n) is 16.5. The first kappa shape index (κ1) is 19.4. The van der Waals surface area contributed by atoms with Gasteiger partial charge in [-0.2, -0.15) is 5.10 Å². The van der Waals surface area contributed by atoms with Gasteiger partial charge >= 0.3 is 0 Å². The van der Waals surface area contributed by atoms with E-state index in [1.807, 2.05) is 29.9 Å². The third-order valence-electron chi connectivity index (χ3n) is 5.21. The van der Waals surface area contributed by atoms with Crippen molar-refractivity contribution in [1.82, 2.24) is 14.7 Å². The van der Waals surface area contributed by atoms with Crippen LogP contribution in [-0.4, -0.2) is 47.8 Å². The van der Waals surface area contributed by atoms with Crippen molar-refractivity contribution in [2.24, 2.45) is 5.92 Å². The minimum Gasteiger partial charge on any atom is -0.497 e. The number of aromatic nitrogens is 2. The maximum atomic E-state index is 12.4. The average molecular weight is 370 g/mol. The highest BCUT2D eigenvalue weighted by Crippen LogP contribution is 2.40. The first-order valence-electron chi connectivity index (χ1n) is 9.71. The molecule has 1 atom stereocenters. The SMILES string of the molecule is COc1ccc(CCCN(C)CC(=O)Nc2ccnn2C(C)C2CC2)cc1. The van der Waals surface area contributed by atoms with Crippen LogP contribution in [0.2, 0.25) is 0 Å². The summed E-state index contributed by atoms with van der Waals surface area (Å²) in [5.41, 5.74) is 1.28. The summed E-state index contributed by atoms with van der Waals surface area (Å²) in [6.07, 6.45) is 6.26. The Balaban J connectivity index is 1.40. The van der Waals surface area contributed by atoms with Gasteiger partial charge in [0, 0.05) is 6.07 Å². The number of aryl methyl sites for hydroxylation is 1. The molecule has 0 bridgehead atoms. The topological polar surface area (TPSA) is 59.4 Å². The van der Waals surface area contributed by atoms with Crippen molar-refractivity contribution < 1.29 is 9.53 Å². The van der Waals surface area contributed by atoms with Gasteiger partial charge in [-0.1, -0.05) is 12.1 Å². The van der Waals surface area contributed by atoms with Gasteiger partial charge in [-0.05, 0) is 69.8 Å². The Morgan fingerprint density at radius 1 is 1.33 bits per heavy atom. The van der Waals surface area contributed by atoms with E-state index >= 15 is 0 Å². The van der Waals surface area contributed by atoms with Crippen molar-refractivity contribution in [3.8, 4) is 5.75 Å². The van der Waals surface area contributed by atoms with E-state index < -0.39 is 0 Å². The predicted molar refractivity (Wildman–Crippen MR) is 107 cm³/mol. The van der Waals surface area contributed by atoms with Crippen LogP contribution < -0.4 is 10.1 Å².